The molecule has 3 rings (SSSR count). The lowest BCUT2D eigenvalue weighted by Gasteiger charge is -2.40. The summed E-state index contributed by atoms with van der Waals surface area (Å²) in [4.78, 5) is 16.6. The number of pyridine rings is 1. The van der Waals surface area contributed by atoms with Crippen molar-refractivity contribution in [1.29, 1.82) is 0 Å². The SMILES string of the molecule is CS(=O)(=O)c1ccc(C(F)(F)F)cc1C(=O)NC(c1cc(Cl)ccn1)[C@]1(O)CC[C@H](F)CC1. The van der Waals surface area contributed by atoms with Gasteiger partial charge in [-0.1, -0.05) is 11.6 Å². The van der Waals surface area contributed by atoms with Gasteiger partial charge < -0.3 is 10.4 Å². The van der Waals surface area contributed by atoms with Crippen LogP contribution in [0, 0.1) is 0 Å². The number of benzene rings is 1. The van der Waals surface area contributed by atoms with Crippen LogP contribution < -0.4 is 5.32 Å². The molecular weight excluding hydrogens is 488 g/mol. The summed E-state index contributed by atoms with van der Waals surface area (Å²) in [5.74, 6) is -1.16. The van der Waals surface area contributed by atoms with E-state index in [2.05, 4.69) is 10.3 Å². The summed E-state index contributed by atoms with van der Waals surface area (Å²) in [7, 11) is -4.07. The van der Waals surface area contributed by atoms with Crippen molar-refractivity contribution in [2.24, 2.45) is 0 Å². The highest BCUT2D eigenvalue weighted by Crippen LogP contribution is 2.40. The van der Waals surface area contributed by atoms with Crippen molar-refractivity contribution >= 4 is 27.3 Å². The van der Waals surface area contributed by atoms with Crippen LogP contribution in [-0.4, -0.2) is 42.4 Å². The average Bonchev–Trinajstić information content (AvgIpc) is 2.72. The van der Waals surface area contributed by atoms with Crippen LogP contribution in [0.25, 0.3) is 0 Å². The fourth-order valence-corrected chi connectivity index (χ4v) is 4.88. The van der Waals surface area contributed by atoms with Crippen LogP contribution in [-0.2, 0) is 16.0 Å². The van der Waals surface area contributed by atoms with Crippen molar-refractivity contribution in [3.8, 4) is 0 Å². The van der Waals surface area contributed by atoms with Gasteiger partial charge in [0.05, 0.1) is 27.3 Å². The summed E-state index contributed by atoms with van der Waals surface area (Å²) < 4.78 is 77.7. The monoisotopic (exact) mass is 508 g/mol. The first kappa shape index (κ1) is 25.4. The Labute approximate surface area is 192 Å². The quantitative estimate of drug-likeness (QED) is 0.588. The second-order valence-electron chi connectivity index (χ2n) is 8.06. The molecule has 1 aliphatic rings. The van der Waals surface area contributed by atoms with Crippen LogP contribution in [0.4, 0.5) is 17.6 Å². The van der Waals surface area contributed by atoms with Gasteiger partial charge in [0.15, 0.2) is 9.84 Å². The molecular formula is C21H21ClF4N2O4S. The van der Waals surface area contributed by atoms with Crippen LogP contribution in [0.15, 0.2) is 41.4 Å². The van der Waals surface area contributed by atoms with Gasteiger partial charge in [-0.15, -0.1) is 0 Å². The zero-order valence-electron chi connectivity index (χ0n) is 17.4. The van der Waals surface area contributed by atoms with Gasteiger partial charge in [-0.25, -0.2) is 12.8 Å². The molecule has 2 aromatic rings. The number of carbonyl (C=O) groups is 1. The molecule has 1 unspecified atom stereocenters. The summed E-state index contributed by atoms with van der Waals surface area (Å²) in [5.41, 5.74) is -3.53. The lowest BCUT2D eigenvalue weighted by atomic mass is 9.77. The van der Waals surface area contributed by atoms with E-state index in [0.29, 0.717) is 18.2 Å². The Kier molecular flexibility index (Phi) is 7.07. The van der Waals surface area contributed by atoms with Gasteiger partial charge >= 0.3 is 6.18 Å². The first-order valence-corrected chi connectivity index (χ1v) is 12.2. The second-order valence-corrected chi connectivity index (χ2v) is 10.5. The Hall–Kier alpha value is -2.24. The minimum absolute atomic E-state index is 0.00157. The first-order chi connectivity index (χ1) is 15.2. The third-order valence-electron chi connectivity index (χ3n) is 5.58. The maximum atomic E-state index is 13.7. The molecule has 180 valence electrons. The first-order valence-electron chi connectivity index (χ1n) is 9.91. The number of aromatic nitrogens is 1. The molecule has 1 fully saturated rings. The standard InChI is InChI=1S/C21H21ClF4N2O4S/c1-33(31,32)17-3-2-12(21(24,25)26)10-15(17)19(29)28-18(16-11-13(22)6-9-27-16)20(30)7-4-14(23)5-8-20/h2-3,6,9-11,14,18,30H,4-5,7-8H2,1H3,(H,28,29)/t14-,18?,20-. The third-order valence-corrected chi connectivity index (χ3v) is 6.97. The number of hydrogen-bond acceptors (Lipinski definition) is 5. The summed E-state index contributed by atoms with van der Waals surface area (Å²) in [5, 5.41) is 13.9. The number of aliphatic hydroxyl groups is 1. The summed E-state index contributed by atoms with van der Waals surface area (Å²) in [6, 6.07) is 3.24. The minimum atomic E-state index is -4.82. The highest BCUT2D eigenvalue weighted by atomic mass is 35.5. The van der Waals surface area contributed by atoms with Crippen molar-refractivity contribution in [1.82, 2.24) is 10.3 Å². The molecule has 1 aromatic carbocycles. The highest BCUT2D eigenvalue weighted by molar-refractivity contribution is 7.90. The van der Waals surface area contributed by atoms with Crippen molar-refractivity contribution in [2.75, 3.05) is 6.26 Å². The van der Waals surface area contributed by atoms with Crippen LogP contribution in [0.2, 0.25) is 5.02 Å². The number of nitrogens with zero attached hydrogens (tertiary/aromatic N) is 1. The van der Waals surface area contributed by atoms with Crippen molar-refractivity contribution in [3.63, 3.8) is 0 Å². The molecule has 1 saturated carbocycles. The lowest BCUT2D eigenvalue weighted by Crippen LogP contribution is -2.49. The Bertz CT molecular complexity index is 1150. The summed E-state index contributed by atoms with van der Waals surface area (Å²) in [6.45, 7) is 0. The lowest BCUT2D eigenvalue weighted by molar-refractivity contribution is -0.137. The molecule has 0 bridgehead atoms. The zero-order chi connectivity index (χ0) is 24.6. The Morgan fingerprint density at radius 1 is 1.24 bits per heavy atom. The topological polar surface area (TPSA) is 96.4 Å². The second kappa shape index (κ2) is 9.19. The van der Waals surface area contributed by atoms with Crippen LogP contribution in [0.1, 0.15) is 53.3 Å². The van der Waals surface area contributed by atoms with Crippen molar-refractivity contribution in [2.45, 2.75) is 54.6 Å². The average molecular weight is 509 g/mol. The number of alkyl halides is 4. The van der Waals surface area contributed by atoms with Crippen LogP contribution >= 0.6 is 11.6 Å². The minimum Gasteiger partial charge on any atom is -0.387 e. The normalized spacial score (nSPS) is 22.6. The third kappa shape index (κ3) is 5.82. The maximum absolute atomic E-state index is 13.7. The molecule has 33 heavy (non-hydrogen) atoms. The van der Waals surface area contributed by atoms with E-state index < -0.39 is 55.8 Å². The van der Waals surface area contributed by atoms with Gasteiger partial charge in [0.25, 0.3) is 5.91 Å². The number of sulfone groups is 1. The van der Waals surface area contributed by atoms with E-state index >= 15 is 0 Å². The van der Waals surface area contributed by atoms with Crippen molar-refractivity contribution < 1.29 is 35.9 Å². The molecule has 0 radical (unpaired) electrons. The summed E-state index contributed by atoms with van der Waals surface area (Å²) in [6.07, 6.45) is -4.01. The number of halogens is 5. The van der Waals surface area contributed by atoms with E-state index in [1.165, 1.54) is 18.3 Å². The highest BCUT2D eigenvalue weighted by Gasteiger charge is 2.43. The van der Waals surface area contributed by atoms with Gasteiger partial charge in [0.2, 0.25) is 0 Å². The van der Waals surface area contributed by atoms with Gasteiger partial charge in [-0.05, 0) is 56.0 Å². The van der Waals surface area contributed by atoms with Crippen LogP contribution in [0.5, 0.6) is 0 Å². The number of nitrogens with one attached hydrogen (secondary N) is 1. The van der Waals surface area contributed by atoms with Crippen molar-refractivity contribution in [3.05, 3.63) is 58.4 Å². The molecule has 1 aromatic heterocycles. The summed E-state index contributed by atoms with van der Waals surface area (Å²) >= 11 is 6.01. The van der Waals surface area contributed by atoms with Gasteiger partial charge in [-0.3, -0.25) is 9.78 Å². The predicted molar refractivity (Wildman–Crippen MR) is 112 cm³/mol. The van der Waals surface area contributed by atoms with E-state index in [9.17, 15) is 35.9 Å². The number of carbonyl (C=O) groups excluding carboxylic acids is 1. The maximum Gasteiger partial charge on any atom is 0.416 e. The van der Waals surface area contributed by atoms with Gasteiger partial charge in [0.1, 0.15) is 12.2 Å². The molecule has 0 spiro atoms. The Morgan fingerprint density at radius 2 is 1.88 bits per heavy atom. The zero-order valence-corrected chi connectivity index (χ0v) is 18.9. The number of rotatable bonds is 5. The molecule has 0 saturated heterocycles. The van der Waals surface area contributed by atoms with E-state index in [1.54, 1.807) is 0 Å². The van der Waals surface area contributed by atoms with E-state index in [0.717, 1.165) is 6.26 Å². The predicted octanol–water partition coefficient (Wildman–Crippen LogP) is 4.27. The fraction of sp³-hybridized carbons (Fsp3) is 0.429. The van der Waals surface area contributed by atoms with E-state index in [1.807, 2.05) is 0 Å². The number of amides is 1. The molecule has 12 heteroatoms. The number of hydrogen-bond donors (Lipinski definition) is 2. The largest absolute Gasteiger partial charge is 0.416 e. The van der Waals surface area contributed by atoms with Gasteiger partial charge in [0, 0.05) is 17.5 Å². The molecule has 0 aliphatic heterocycles. The smallest absolute Gasteiger partial charge is 0.387 e. The Morgan fingerprint density at radius 3 is 2.42 bits per heavy atom. The Balaban J connectivity index is 2.07. The molecule has 1 heterocycles. The molecule has 1 amide bonds. The van der Waals surface area contributed by atoms with E-state index in [4.69, 9.17) is 11.6 Å². The molecule has 2 N–H and O–H groups in total. The van der Waals surface area contributed by atoms with Gasteiger partial charge in [-0.2, -0.15) is 13.2 Å². The molecule has 1 atom stereocenters. The van der Waals surface area contributed by atoms with E-state index in [-0.39, 0.29) is 36.4 Å². The molecule has 1 aliphatic carbocycles. The molecule has 6 nitrogen and oxygen atoms in total. The fourth-order valence-electron chi connectivity index (χ4n) is 3.85. The van der Waals surface area contributed by atoms with Crippen LogP contribution in [0.3, 0.4) is 0 Å².